The lowest BCUT2D eigenvalue weighted by atomic mass is 10.1. The molecule has 1 N–H and O–H groups in total. The van der Waals surface area contributed by atoms with E-state index in [4.69, 9.17) is 27.9 Å². The van der Waals surface area contributed by atoms with Gasteiger partial charge in [0.05, 0.1) is 27.9 Å². The van der Waals surface area contributed by atoms with Crippen LogP contribution in [0.5, 0.6) is 0 Å². The van der Waals surface area contributed by atoms with Crippen molar-refractivity contribution in [2.45, 2.75) is 19.9 Å². The van der Waals surface area contributed by atoms with Crippen molar-refractivity contribution < 1.29 is 19.1 Å². The number of esters is 1. The molecule has 0 saturated carbocycles. The highest BCUT2D eigenvalue weighted by molar-refractivity contribution is 7.14. The van der Waals surface area contributed by atoms with Crippen LogP contribution >= 0.6 is 34.5 Å². The quantitative estimate of drug-likeness (QED) is 0.569. The highest BCUT2D eigenvalue weighted by atomic mass is 35.5. The summed E-state index contributed by atoms with van der Waals surface area (Å²) < 4.78 is 5.01. The Kier molecular flexibility index (Phi) is 6.99. The van der Waals surface area contributed by atoms with E-state index in [1.165, 1.54) is 18.3 Å². The SMILES string of the molecule is CC(=O)NCc1ccc(C(=O)COC(=O)Cc2ccc(Cl)c(Cl)c2)s1. The largest absolute Gasteiger partial charge is 0.457 e. The molecule has 0 bridgehead atoms. The number of hydrogen-bond donors (Lipinski definition) is 1. The number of carbonyl (C=O) groups is 3. The van der Waals surface area contributed by atoms with Gasteiger partial charge in [-0.05, 0) is 29.8 Å². The third-order valence-corrected chi connectivity index (χ3v) is 5.01. The summed E-state index contributed by atoms with van der Waals surface area (Å²) in [5, 5.41) is 3.41. The number of hydrogen-bond acceptors (Lipinski definition) is 5. The van der Waals surface area contributed by atoms with Crippen molar-refractivity contribution in [3.8, 4) is 0 Å². The first-order chi connectivity index (χ1) is 11.8. The monoisotopic (exact) mass is 399 g/mol. The summed E-state index contributed by atoms with van der Waals surface area (Å²) in [5.74, 6) is -0.958. The maximum Gasteiger partial charge on any atom is 0.310 e. The molecule has 2 aromatic rings. The molecule has 25 heavy (non-hydrogen) atoms. The highest BCUT2D eigenvalue weighted by Crippen LogP contribution is 2.23. The summed E-state index contributed by atoms with van der Waals surface area (Å²) in [6.45, 7) is 1.46. The zero-order valence-electron chi connectivity index (χ0n) is 13.3. The topological polar surface area (TPSA) is 72.5 Å². The maximum atomic E-state index is 12.1. The van der Waals surface area contributed by atoms with Crippen LogP contribution in [-0.2, 0) is 27.3 Å². The minimum atomic E-state index is -0.526. The lowest BCUT2D eigenvalue weighted by molar-refractivity contribution is -0.141. The number of carbonyl (C=O) groups excluding carboxylic acids is 3. The Morgan fingerprint density at radius 3 is 2.56 bits per heavy atom. The molecule has 8 heteroatoms. The van der Waals surface area contributed by atoms with Gasteiger partial charge in [-0.25, -0.2) is 0 Å². The molecule has 0 aliphatic rings. The first-order valence-electron chi connectivity index (χ1n) is 7.31. The van der Waals surface area contributed by atoms with Crippen LogP contribution in [0.25, 0.3) is 0 Å². The van der Waals surface area contributed by atoms with E-state index < -0.39 is 5.97 Å². The summed E-state index contributed by atoms with van der Waals surface area (Å²) in [6.07, 6.45) is 0.00237. The standard InChI is InChI=1S/C17H15Cl2NO4S/c1-10(21)20-8-12-3-5-16(25-12)15(22)9-24-17(23)7-11-2-4-13(18)14(19)6-11/h2-6H,7-9H2,1H3,(H,20,21). The van der Waals surface area contributed by atoms with Crippen molar-refractivity contribution in [1.29, 1.82) is 0 Å². The molecule has 0 aliphatic carbocycles. The molecular formula is C17H15Cl2NO4S. The van der Waals surface area contributed by atoms with Crippen LogP contribution in [-0.4, -0.2) is 24.3 Å². The van der Waals surface area contributed by atoms with Crippen LogP contribution in [0.15, 0.2) is 30.3 Å². The first-order valence-corrected chi connectivity index (χ1v) is 8.88. The van der Waals surface area contributed by atoms with Crippen LogP contribution in [0.4, 0.5) is 0 Å². The van der Waals surface area contributed by atoms with E-state index in [0.717, 1.165) is 4.88 Å². The van der Waals surface area contributed by atoms with Crippen LogP contribution in [0.3, 0.4) is 0 Å². The Balaban J connectivity index is 1.83. The van der Waals surface area contributed by atoms with Gasteiger partial charge in [-0.15, -0.1) is 11.3 Å². The Morgan fingerprint density at radius 2 is 1.88 bits per heavy atom. The Bertz CT molecular complexity index is 804. The molecule has 1 aromatic heterocycles. The molecule has 0 radical (unpaired) electrons. The lowest BCUT2D eigenvalue weighted by Gasteiger charge is -2.05. The number of ketones is 1. The van der Waals surface area contributed by atoms with Crippen LogP contribution < -0.4 is 5.32 Å². The second kappa shape index (κ2) is 8.99. The Morgan fingerprint density at radius 1 is 1.12 bits per heavy atom. The smallest absolute Gasteiger partial charge is 0.310 e. The van der Waals surface area contributed by atoms with Gasteiger partial charge in [0, 0.05) is 11.8 Å². The number of amides is 1. The van der Waals surface area contributed by atoms with Crippen molar-refractivity contribution in [3.05, 3.63) is 55.7 Å². The fourth-order valence-corrected chi connectivity index (χ4v) is 3.11. The minimum Gasteiger partial charge on any atom is -0.457 e. The van der Waals surface area contributed by atoms with E-state index in [-0.39, 0.29) is 24.7 Å². The summed E-state index contributed by atoms with van der Waals surface area (Å²) in [4.78, 5) is 36.1. The zero-order valence-corrected chi connectivity index (χ0v) is 15.6. The molecule has 1 aromatic carbocycles. The average Bonchev–Trinajstić information content (AvgIpc) is 3.03. The normalized spacial score (nSPS) is 10.4. The molecule has 0 fully saturated rings. The van der Waals surface area contributed by atoms with Gasteiger partial charge in [0.15, 0.2) is 6.61 Å². The maximum absolute atomic E-state index is 12.1. The number of ether oxygens (including phenoxy) is 1. The number of Topliss-reactive ketones (excluding diaryl/α,β-unsaturated/α-hetero) is 1. The van der Waals surface area contributed by atoms with E-state index in [9.17, 15) is 14.4 Å². The van der Waals surface area contributed by atoms with Crippen LogP contribution in [0.2, 0.25) is 10.0 Å². The van der Waals surface area contributed by atoms with Crippen molar-refractivity contribution in [2.24, 2.45) is 0 Å². The van der Waals surface area contributed by atoms with Gasteiger partial charge in [-0.1, -0.05) is 29.3 Å². The van der Waals surface area contributed by atoms with Crippen LogP contribution in [0.1, 0.15) is 27.0 Å². The number of halogens is 2. The summed E-state index contributed by atoms with van der Waals surface area (Å²) >= 11 is 13.0. The predicted octanol–water partition coefficient (Wildman–Crippen LogP) is 3.66. The molecule has 1 amide bonds. The number of thiophene rings is 1. The van der Waals surface area contributed by atoms with Gasteiger partial charge < -0.3 is 10.1 Å². The molecule has 1 heterocycles. The van der Waals surface area contributed by atoms with Crippen molar-refractivity contribution in [1.82, 2.24) is 5.32 Å². The predicted molar refractivity (Wildman–Crippen MR) is 97.3 cm³/mol. The molecule has 132 valence electrons. The van der Waals surface area contributed by atoms with Gasteiger partial charge in [0.25, 0.3) is 0 Å². The van der Waals surface area contributed by atoms with Crippen molar-refractivity contribution >= 4 is 52.2 Å². The molecule has 5 nitrogen and oxygen atoms in total. The van der Waals surface area contributed by atoms with E-state index in [1.54, 1.807) is 30.3 Å². The average molecular weight is 400 g/mol. The molecule has 0 saturated heterocycles. The Labute approximate surface area is 158 Å². The molecular weight excluding hydrogens is 385 g/mol. The fraction of sp³-hybridized carbons (Fsp3) is 0.235. The second-order valence-electron chi connectivity index (χ2n) is 5.18. The molecule has 0 unspecified atom stereocenters. The van der Waals surface area contributed by atoms with Crippen LogP contribution in [0, 0.1) is 0 Å². The third-order valence-electron chi connectivity index (χ3n) is 3.14. The van der Waals surface area contributed by atoms with Crippen molar-refractivity contribution in [2.75, 3.05) is 6.61 Å². The molecule has 0 atom stereocenters. The summed E-state index contributed by atoms with van der Waals surface area (Å²) in [7, 11) is 0. The second-order valence-corrected chi connectivity index (χ2v) is 7.17. The van der Waals surface area contributed by atoms with E-state index >= 15 is 0 Å². The van der Waals surface area contributed by atoms with Gasteiger partial charge in [-0.2, -0.15) is 0 Å². The summed E-state index contributed by atoms with van der Waals surface area (Å²) in [6, 6.07) is 8.26. The number of benzene rings is 1. The van der Waals surface area contributed by atoms with E-state index in [2.05, 4.69) is 5.32 Å². The third kappa shape index (κ3) is 6.16. The Hall–Kier alpha value is -1.89. The summed E-state index contributed by atoms with van der Waals surface area (Å²) in [5.41, 5.74) is 0.653. The first kappa shape index (κ1) is 19.4. The molecule has 0 aliphatic heterocycles. The van der Waals surface area contributed by atoms with Crippen molar-refractivity contribution in [3.63, 3.8) is 0 Å². The van der Waals surface area contributed by atoms with Gasteiger partial charge in [0.2, 0.25) is 11.7 Å². The molecule has 0 spiro atoms. The minimum absolute atomic E-state index is 0.00237. The lowest BCUT2D eigenvalue weighted by Crippen LogP contribution is -2.18. The fourth-order valence-electron chi connectivity index (χ4n) is 1.92. The van der Waals surface area contributed by atoms with Gasteiger partial charge >= 0.3 is 5.97 Å². The number of nitrogens with one attached hydrogen (secondary N) is 1. The molecule has 2 rings (SSSR count). The van der Waals surface area contributed by atoms with Gasteiger partial charge in [0.1, 0.15) is 0 Å². The van der Waals surface area contributed by atoms with E-state index in [1.807, 2.05) is 0 Å². The van der Waals surface area contributed by atoms with E-state index in [0.29, 0.717) is 27.0 Å². The highest BCUT2D eigenvalue weighted by Gasteiger charge is 2.13. The number of rotatable bonds is 7. The zero-order chi connectivity index (χ0) is 18.4. The van der Waals surface area contributed by atoms with Gasteiger partial charge in [-0.3, -0.25) is 14.4 Å².